The Morgan fingerprint density at radius 3 is 2.03 bits per heavy atom. The summed E-state index contributed by atoms with van der Waals surface area (Å²) in [6, 6.07) is 9.71. The van der Waals surface area contributed by atoms with Gasteiger partial charge in [0, 0.05) is 5.46 Å². The van der Waals surface area contributed by atoms with Gasteiger partial charge in [-0.1, -0.05) is 24.3 Å². The van der Waals surface area contributed by atoms with Crippen LogP contribution in [0.5, 0.6) is 5.75 Å². The van der Waals surface area contributed by atoms with Crippen LogP contribution in [0.25, 0.3) is 0 Å². The Kier molecular flexibility index (Phi) is 5.97. The molecule has 4 nitrogen and oxygen atoms in total. The van der Waals surface area contributed by atoms with E-state index in [1.54, 1.807) is 18.2 Å². The zero-order chi connectivity index (χ0) is 23.2. The van der Waals surface area contributed by atoms with Crippen LogP contribution < -0.4 is 10.2 Å². The SMILES string of the molecule is CCOc1cc(C(C)(O)c2cccc(C(F)(F)F)c2)ccc1B1OC(C)(C)C(C)(C)O1. The summed E-state index contributed by atoms with van der Waals surface area (Å²) in [6.07, 6.45) is -4.50. The van der Waals surface area contributed by atoms with Crippen molar-refractivity contribution in [2.24, 2.45) is 0 Å². The number of halogens is 3. The average Bonchev–Trinajstić information content (AvgIpc) is 2.88. The van der Waals surface area contributed by atoms with E-state index < -0.39 is 35.7 Å². The predicted octanol–water partition coefficient (Wildman–Crippen LogP) is 4.66. The number of benzene rings is 2. The molecule has 0 spiro atoms. The lowest BCUT2D eigenvalue weighted by Crippen LogP contribution is -2.41. The molecule has 1 N–H and O–H groups in total. The molecule has 1 saturated heterocycles. The van der Waals surface area contributed by atoms with Crippen molar-refractivity contribution in [3.63, 3.8) is 0 Å². The van der Waals surface area contributed by atoms with Crippen LogP contribution in [-0.2, 0) is 21.1 Å². The van der Waals surface area contributed by atoms with Gasteiger partial charge in [-0.05, 0) is 70.9 Å². The molecule has 0 amide bonds. The Bertz CT molecular complexity index is 938. The largest absolute Gasteiger partial charge is 0.498 e. The molecular formula is C23H28BF3O4. The summed E-state index contributed by atoms with van der Waals surface area (Å²) >= 11 is 0. The fraction of sp³-hybridized carbons (Fsp3) is 0.478. The van der Waals surface area contributed by atoms with Crippen LogP contribution in [0.15, 0.2) is 42.5 Å². The van der Waals surface area contributed by atoms with Gasteiger partial charge in [0.2, 0.25) is 0 Å². The smallest absolute Gasteiger partial charge is 0.494 e. The Balaban J connectivity index is 2.01. The third kappa shape index (κ3) is 4.47. The van der Waals surface area contributed by atoms with Crippen LogP contribution in [0.4, 0.5) is 13.2 Å². The maximum Gasteiger partial charge on any atom is 0.498 e. The minimum absolute atomic E-state index is 0.133. The van der Waals surface area contributed by atoms with Gasteiger partial charge in [-0.2, -0.15) is 13.2 Å². The highest BCUT2D eigenvalue weighted by Crippen LogP contribution is 2.39. The highest BCUT2D eigenvalue weighted by atomic mass is 19.4. The highest BCUT2D eigenvalue weighted by Gasteiger charge is 2.52. The molecule has 31 heavy (non-hydrogen) atoms. The number of ether oxygens (including phenoxy) is 1. The van der Waals surface area contributed by atoms with E-state index in [2.05, 4.69) is 0 Å². The van der Waals surface area contributed by atoms with Gasteiger partial charge in [0.1, 0.15) is 11.4 Å². The minimum Gasteiger partial charge on any atom is -0.494 e. The normalized spacial score (nSPS) is 19.9. The lowest BCUT2D eigenvalue weighted by molar-refractivity contribution is -0.137. The third-order valence-corrected chi connectivity index (χ3v) is 6.13. The van der Waals surface area contributed by atoms with Gasteiger partial charge in [-0.3, -0.25) is 0 Å². The van der Waals surface area contributed by atoms with Crippen molar-refractivity contribution in [3.8, 4) is 5.75 Å². The molecule has 0 radical (unpaired) electrons. The standard InChI is InChI=1S/C23H28BF3O4/c1-7-29-19-14-16(11-12-18(19)24-30-20(2,3)21(4,5)31-24)22(6,28)15-9-8-10-17(13-15)23(25,26)27/h8-14,28H,7H2,1-6H3. The van der Waals surface area contributed by atoms with Crippen LogP contribution >= 0.6 is 0 Å². The van der Waals surface area contributed by atoms with E-state index in [0.29, 0.717) is 23.4 Å². The minimum atomic E-state index is -4.50. The molecule has 0 bridgehead atoms. The fourth-order valence-electron chi connectivity index (χ4n) is 3.45. The van der Waals surface area contributed by atoms with Crippen molar-refractivity contribution in [2.45, 2.75) is 64.5 Å². The van der Waals surface area contributed by atoms with E-state index in [-0.39, 0.29) is 5.56 Å². The molecule has 2 aromatic carbocycles. The second kappa shape index (κ2) is 7.83. The van der Waals surface area contributed by atoms with E-state index in [9.17, 15) is 18.3 Å². The molecule has 1 atom stereocenters. The first-order valence-electron chi connectivity index (χ1n) is 10.2. The van der Waals surface area contributed by atoms with E-state index in [0.717, 1.165) is 12.1 Å². The van der Waals surface area contributed by atoms with Crippen LogP contribution in [-0.4, -0.2) is 30.0 Å². The van der Waals surface area contributed by atoms with Gasteiger partial charge in [-0.15, -0.1) is 0 Å². The van der Waals surface area contributed by atoms with Crippen molar-refractivity contribution >= 4 is 12.6 Å². The van der Waals surface area contributed by atoms with Gasteiger partial charge in [0.05, 0.1) is 23.4 Å². The Morgan fingerprint density at radius 2 is 1.48 bits per heavy atom. The molecule has 8 heteroatoms. The molecule has 1 fully saturated rings. The molecule has 168 valence electrons. The van der Waals surface area contributed by atoms with Crippen molar-refractivity contribution < 1.29 is 32.3 Å². The van der Waals surface area contributed by atoms with Crippen LogP contribution in [0, 0.1) is 0 Å². The molecule has 1 heterocycles. The lowest BCUT2D eigenvalue weighted by Gasteiger charge is -2.32. The lowest BCUT2D eigenvalue weighted by atomic mass is 9.76. The molecule has 1 aliphatic rings. The Labute approximate surface area is 181 Å². The second-order valence-corrected chi connectivity index (χ2v) is 8.92. The summed E-state index contributed by atoms with van der Waals surface area (Å²) < 4.78 is 57.4. The average molecular weight is 436 g/mol. The van der Waals surface area contributed by atoms with E-state index in [1.165, 1.54) is 19.1 Å². The highest BCUT2D eigenvalue weighted by molar-refractivity contribution is 6.63. The number of hydrogen-bond acceptors (Lipinski definition) is 4. The first kappa shape index (κ1) is 23.6. The maximum absolute atomic E-state index is 13.1. The van der Waals surface area contributed by atoms with Crippen LogP contribution in [0.3, 0.4) is 0 Å². The van der Waals surface area contributed by atoms with Gasteiger partial charge < -0.3 is 19.2 Å². The summed E-state index contributed by atoms with van der Waals surface area (Å²) in [5.74, 6) is 0.450. The number of hydrogen-bond donors (Lipinski definition) is 1. The van der Waals surface area contributed by atoms with Gasteiger partial charge in [0.25, 0.3) is 0 Å². The fourth-order valence-corrected chi connectivity index (χ4v) is 3.45. The van der Waals surface area contributed by atoms with Crippen molar-refractivity contribution in [1.82, 2.24) is 0 Å². The number of rotatable bonds is 5. The van der Waals surface area contributed by atoms with Crippen LogP contribution in [0.1, 0.15) is 58.2 Å². The monoisotopic (exact) mass is 436 g/mol. The predicted molar refractivity (Wildman–Crippen MR) is 113 cm³/mol. The Morgan fingerprint density at radius 1 is 0.935 bits per heavy atom. The molecule has 2 aromatic rings. The zero-order valence-corrected chi connectivity index (χ0v) is 18.6. The van der Waals surface area contributed by atoms with E-state index >= 15 is 0 Å². The summed E-state index contributed by atoms with van der Waals surface area (Å²) in [5, 5.41) is 11.2. The molecule has 3 rings (SSSR count). The topological polar surface area (TPSA) is 47.9 Å². The maximum atomic E-state index is 13.1. The van der Waals surface area contributed by atoms with Crippen molar-refractivity contribution in [3.05, 3.63) is 59.2 Å². The number of aliphatic hydroxyl groups is 1. The van der Waals surface area contributed by atoms with Gasteiger partial charge in [-0.25, -0.2) is 0 Å². The quantitative estimate of drug-likeness (QED) is 0.693. The van der Waals surface area contributed by atoms with E-state index in [1.807, 2.05) is 34.6 Å². The molecule has 1 unspecified atom stereocenters. The summed E-state index contributed by atoms with van der Waals surface area (Å²) in [4.78, 5) is 0. The second-order valence-electron chi connectivity index (χ2n) is 8.92. The summed E-state index contributed by atoms with van der Waals surface area (Å²) in [7, 11) is -0.667. The first-order valence-corrected chi connectivity index (χ1v) is 10.2. The zero-order valence-electron chi connectivity index (χ0n) is 18.6. The molecule has 1 aliphatic heterocycles. The van der Waals surface area contributed by atoms with Crippen molar-refractivity contribution in [1.29, 1.82) is 0 Å². The number of alkyl halides is 3. The summed E-state index contributed by atoms with van der Waals surface area (Å²) in [6.45, 7) is 11.4. The molecule has 0 aliphatic carbocycles. The molecule has 0 aromatic heterocycles. The third-order valence-electron chi connectivity index (χ3n) is 6.13. The van der Waals surface area contributed by atoms with E-state index in [4.69, 9.17) is 14.0 Å². The van der Waals surface area contributed by atoms with Crippen molar-refractivity contribution in [2.75, 3.05) is 6.61 Å². The summed E-state index contributed by atoms with van der Waals surface area (Å²) in [5.41, 5.74) is -2.37. The molecule has 0 saturated carbocycles. The van der Waals surface area contributed by atoms with Crippen LogP contribution in [0.2, 0.25) is 0 Å². The Hall–Kier alpha value is -2.03. The first-order chi connectivity index (χ1) is 14.2. The molecular weight excluding hydrogens is 408 g/mol. The van der Waals surface area contributed by atoms with Gasteiger partial charge >= 0.3 is 13.3 Å². The van der Waals surface area contributed by atoms with Gasteiger partial charge in [0.15, 0.2) is 0 Å².